The van der Waals surface area contributed by atoms with Gasteiger partial charge < -0.3 is 4.74 Å². The Morgan fingerprint density at radius 3 is 1.78 bits per heavy atom. The Hall–Kier alpha value is 0.900. The summed E-state index contributed by atoms with van der Waals surface area (Å²) in [7, 11) is 0. The fraction of sp³-hybridized carbons (Fsp3) is 0.333. The maximum atomic E-state index is 5.13. The summed E-state index contributed by atoms with van der Waals surface area (Å²) in [5, 5.41) is 0. The van der Waals surface area contributed by atoms with E-state index in [0.29, 0.717) is 13.2 Å². The molecule has 0 aliphatic rings. The summed E-state index contributed by atoms with van der Waals surface area (Å²) in [6.07, 6.45) is 3.95. The van der Waals surface area contributed by atoms with Gasteiger partial charge in [0.05, 0.1) is 13.2 Å². The van der Waals surface area contributed by atoms with Crippen molar-refractivity contribution in [3.63, 3.8) is 0 Å². The van der Waals surface area contributed by atoms with Crippen LogP contribution in [0.25, 0.3) is 0 Å². The van der Waals surface area contributed by atoms with Crippen LogP contribution in [-0.2, 0) is 4.74 Å². The molecule has 0 fully saturated rings. The molecule has 0 aliphatic carbocycles. The van der Waals surface area contributed by atoms with E-state index in [1.807, 2.05) is 20.3 Å². The number of rotatable bonds is 4. The van der Waals surface area contributed by atoms with Crippen molar-refractivity contribution in [2.75, 3.05) is 13.2 Å². The molecule has 0 amide bonds. The monoisotopic (exact) mass is 350 g/mol. The fourth-order valence-corrected chi connectivity index (χ4v) is 0.692. The maximum absolute atomic E-state index is 5.13. The Morgan fingerprint density at radius 1 is 1.00 bits per heavy atom. The van der Waals surface area contributed by atoms with Crippen molar-refractivity contribution in [2.24, 2.45) is 0 Å². The number of hydrogen-bond donors (Lipinski definition) is 0. The summed E-state index contributed by atoms with van der Waals surface area (Å²) in [4.78, 5) is 0. The number of halogens is 2. The Balaban J connectivity index is 2.91. The van der Waals surface area contributed by atoms with Crippen LogP contribution in [0.4, 0.5) is 0 Å². The lowest BCUT2D eigenvalue weighted by Gasteiger charge is -1.91. The van der Waals surface area contributed by atoms with Crippen molar-refractivity contribution in [2.45, 2.75) is 0 Å². The fourth-order valence-electron chi connectivity index (χ4n) is 0.277. The van der Waals surface area contributed by atoms with Crippen LogP contribution >= 0.6 is 45.2 Å². The van der Waals surface area contributed by atoms with Crippen LogP contribution in [0.1, 0.15) is 0 Å². The van der Waals surface area contributed by atoms with Crippen LogP contribution in [0, 0.1) is 0 Å². The van der Waals surface area contributed by atoms with Crippen LogP contribution in [0.5, 0.6) is 0 Å². The van der Waals surface area contributed by atoms with Gasteiger partial charge >= 0.3 is 0 Å². The minimum absolute atomic E-state index is 0.712. The van der Waals surface area contributed by atoms with E-state index in [4.69, 9.17) is 4.74 Å². The third-order valence-electron chi connectivity index (χ3n) is 0.606. The minimum atomic E-state index is 0.712. The predicted molar refractivity (Wildman–Crippen MR) is 57.1 cm³/mol. The van der Waals surface area contributed by atoms with Gasteiger partial charge in [-0.2, -0.15) is 0 Å². The first kappa shape index (κ1) is 9.90. The summed E-state index contributed by atoms with van der Waals surface area (Å²) < 4.78 is 9.03. The topological polar surface area (TPSA) is 9.23 Å². The quantitative estimate of drug-likeness (QED) is 0.560. The SMILES string of the molecule is I/C=C\COC/C=C\I. The van der Waals surface area contributed by atoms with Crippen LogP contribution in [-0.4, -0.2) is 13.2 Å². The molecule has 0 bridgehead atoms. The van der Waals surface area contributed by atoms with Gasteiger partial charge in [-0.3, -0.25) is 0 Å². The lowest BCUT2D eigenvalue weighted by Crippen LogP contribution is -1.88. The first-order valence-electron chi connectivity index (χ1n) is 2.50. The van der Waals surface area contributed by atoms with Crippen LogP contribution in [0.15, 0.2) is 20.3 Å². The number of ether oxygens (including phenoxy) is 1. The van der Waals surface area contributed by atoms with Crippen LogP contribution in [0.3, 0.4) is 0 Å². The summed E-state index contributed by atoms with van der Waals surface area (Å²) in [5.74, 6) is 0. The minimum Gasteiger partial charge on any atom is -0.373 e. The van der Waals surface area contributed by atoms with Gasteiger partial charge in [0.25, 0.3) is 0 Å². The highest BCUT2D eigenvalue weighted by Gasteiger charge is 1.74. The van der Waals surface area contributed by atoms with E-state index in [-0.39, 0.29) is 0 Å². The zero-order chi connectivity index (χ0) is 6.95. The Bertz CT molecular complexity index is 87.2. The van der Waals surface area contributed by atoms with Gasteiger partial charge in [-0.1, -0.05) is 57.3 Å². The van der Waals surface area contributed by atoms with Crippen molar-refractivity contribution in [3.05, 3.63) is 20.3 Å². The molecule has 0 aromatic carbocycles. The largest absolute Gasteiger partial charge is 0.373 e. The zero-order valence-corrected chi connectivity index (χ0v) is 9.20. The second-order valence-corrected chi connectivity index (χ2v) is 2.70. The van der Waals surface area contributed by atoms with Gasteiger partial charge in [0.1, 0.15) is 0 Å². The molecule has 0 saturated carbocycles. The predicted octanol–water partition coefficient (Wildman–Crippen LogP) is 2.90. The Labute approximate surface area is 82.8 Å². The molecule has 0 spiro atoms. The van der Waals surface area contributed by atoms with Gasteiger partial charge in [-0.05, 0) is 8.17 Å². The average Bonchev–Trinajstić information content (AvgIpc) is 1.89. The maximum Gasteiger partial charge on any atom is 0.0659 e. The molecule has 3 heteroatoms. The molecule has 0 heterocycles. The molecular weight excluding hydrogens is 342 g/mol. The third-order valence-corrected chi connectivity index (χ3v) is 1.62. The highest BCUT2D eigenvalue weighted by molar-refractivity contribution is 14.1. The molecule has 0 aromatic heterocycles. The zero-order valence-electron chi connectivity index (χ0n) is 4.89. The highest BCUT2D eigenvalue weighted by atomic mass is 127. The molecule has 1 nitrogen and oxygen atoms in total. The molecule has 0 N–H and O–H groups in total. The lowest BCUT2D eigenvalue weighted by atomic mass is 10.6. The molecular formula is C6H8I2O. The van der Waals surface area contributed by atoms with Crippen molar-refractivity contribution in [1.29, 1.82) is 0 Å². The molecule has 9 heavy (non-hydrogen) atoms. The lowest BCUT2D eigenvalue weighted by molar-refractivity contribution is 0.194. The molecule has 0 rings (SSSR count). The highest BCUT2D eigenvalue weighted by Crippen LogP contribution is 1.87. The normalized spacial score (nSPS) is 11.8. The second kappa shape index (κ2) is 8.90. The van der Waals surface area contributed by atoms with Gasteiger partial charge in [0, 0.05) is 0 Å². The molecule has 52 valence electrons. The summed E-state index contributed by atoms with van der Waals surface area (Å²) >= 11 is 4.34. The summed E-state index contributed by atoms with van der Waals surface area (Å²) in [5.41, 5.74) is 0. The summed E-state index contributed by atoms with van der Waals surface area (Å²) in [6.45, 7) is 1.42. The third kappa shape index (κ3) is 8.90. The second-order valence-electron chi connectivity index (χ2n) is 1.26. The number of hydrogen-bond acceptors (Lipinski definition) is 1. The van der Waals surface area contributed by atoms with E-state index in [1.54, 1.807) is 0 Å². The van der Waals surface area contributed by atoms with Gasteiger partial charge in [-0.15, -0.1) is 0 Å². The average molecular weight is 350 g/mol. The first-order valence-corrected chi connectivity index (χ1v) is 4.99. The van der Waals surface area contributed by atoms with Crippen molar-refractivity contribution >= 4 is 45.2 Å². The van der Waals surface area contributed by atoms with Crippen molar-refractivity contribution in [1.82, 2.24) is 0 Å². The van der Waals surface area contributed by atoms with E-state index >= 15 is 0 Å². The van der Waals surface area contributed by atoms with Crippen LogP contribution in [0.2, 0.25) is 0 Å². The van der Waals surface area contributed by atoms with E-state index < -0.39 is 0 Å². The van der Waals surface area contributed by atoms with Gasteiger partial charge in [-0.25, -0.2) is 0 Å². The molecule has 0 aromatic rings. The molecule has 0 radical (unpaired) electrons. The smallest absolute Gasteiger partial charge is 0.0659 e. The van der Waals surface area contributed by atoms with E-state index in [0.717, 1.165) is 0 Å². The first-order chi connectivity index (χ1) is 4.41. The van der Waals surface area contributed by atoms with Gasteiger partial charge in [0.15, 0.2) is 0 Å². The van der Waals surface area contributed by atoms with Gasteiger partial charge in [0.2, 0.25) is 0 Å². The molecule has 0 unspecified atom stereocenters. The Kier molecular flexibility index (Phi) is 9.79. The van der Waals surface area contributed by atoms with Crippen LogP contribution < -0.4 is 0 Å². The standard InChI is InChI=1S/C6H8I2O/c7-3-1-5-9-6-2-4-8/h1-4H,5-6H2/b3-1-,4-2-. The van der Waals surface area contributed by atoms with E-state index in [2.05, 4.69) is 45.2 Å². The molecule has 0 aliphatic heterocycles. The van der Waals surface area contributed by atoms with Crippen molar-refractivity contribution in [3.8, 4) is 0 Å². The Morgan fingerprint density at radius 2 is 1.44 bits per heavy atom. The van der Waals surface area contributed by atoms with E-state index in [9.17, 15) is 0 Å². The summed E-state index contributed by atoms with van der Waals surface area (Å²) in [6, 6.07) is 0. The molecule has 0 saturated heterocycles. The van der Waals surface area contributed by atoms with E-state index in [1.165, 1.54) is 0 Å². The molecule has 0 atom stereocenters. The van der Waals surface area contributed by atoms with Crippen molar-refractivity contribution < 1.29 is 4.74 Å².